The van der Waals surface area contributed by atoms with Gasteiger partial charge < -0.3 is 10.6 Å². The molecule has 0 aromatic heterocycles. The zero-order valence-electron chi connectivity index (χ0n) is 16.9. The summed E-state index contributed by atoms with van der Waals surface area (Å²) in [6.07, 6.45) is 0. The minimum Gasteiger partial charge on any atom is -0.324 e. The lowest BCUT2D eigenvalue weighted by molar-refractivity contribution is -0.133. The van der Waals surface area contributed by atoms with Crippen LogP contribution >= 0.6 is 11.6 Å². The topological polar surface area (TPSA) is 78.5 Å². The molecule has 7 heteroatoms. The van der Waals surface area contributed by atoms with Crippen LogP contribution < -0.4 is 10.6 Å². The average molecular weight is 414 g/mol. The van der Waals surface area contributed by atoms with Crippen molar-refractivity contribution < 1.29 is 14.4 Å². The molecule has 2 N–H and O–H groups in total. The number of imide groups is 1. The Bertz CT molecular complexity index is 972. The third-order valence-corrected chi connectivity index (χ3v) is 5.59. The zero-order chi connectivity index (χ0) is 21.3. The van der Waals surface area contributed by atoms with Crippen molar-refractivity contribution in [1.29, 1.82) is 0 Å². The summed E-state index contributed by atoms with van der Waals surface area (Å²) < 4.78 is 0. The molecule has 1 heterocycles. The number of hydrogen-bond acceptors (Lipinski definition) is 3. The van der Waals surface area contributed by atoms with E-state index in [9.17, 15) is 14.4 Å². The normalized spacial score (nSPS) is 18.9. The fourth-order valence-corrected chi connectivity index (χ4v) is 3.43. The number of benzene rings is 2. The van der Waals surface area contributed by atoms with Crippen LogP contribution in [0.4, 0.5) is 10.5 Å². The maximum atomic E-state index is 13.0. The molecule has 0 unspecified atom stereocenters. The zero-order valence-corrected chi connectivity index (χ0v) is 17.6. The van der Waals surface area contributed by atoms with E-state index in [1.807, 2.05) is 31.2 Å². The number of hydrogen-bond donors (Lipinski definition) is 2. The molecular weight excluding hydrogens is 390 g/mol. The number of nitrogens with one attached hydrogen (secondary N) is 2. The minimum absolute atomic E-state index is 0.362. The third-order valence-electron chi connectivity index (χ3n) is 5.19. The van der Waals surface area contributed by atoms with Crippen LogP contribution in [-0.4, -0.2) is 29.3 Å². The Balaban J connectivity index is 1.74. The monoisotopic (exact) mass is 413 g/mol. The predicted molar refractivity (Wildman–Crippen MR) is 113 cm³/mol. The molecule has 1 saturated heterocycles. The second-order valence-electron chi connectivity index (χ2n) is 7.74. The lowest BCUT2D eigenvalue weighted by Crippen LogP contribution is -2.42. The van der Waals surface area contributed by atoms with Crippen molar-refractivity contribution in [2.24, 2.45) is 0 Å². The van der Waals surface area contributed by atoms with Crippen LogP contribution in [0.1, 0.15) is 43.4 Å². The molecule has 1 aliphatic heterocycles. The number of amides is 4. The first-order chi connectivity index (χ1) is 13.6. The Morgan fingerprint density at radius 1 is 1.17 bits per heavy atom. The molecule has 1 atom stereocenters. The molecule has 1 fully saturated rings. The summed E-state index contributed by atoms with van der Waals surface area (Å²) >= 11 is 6.07. The van der Waals surface area contributed by atoms with Crippen molar-refractivity contribution in [3.05, 3.63) is 64.2 Å². The van der Waals surface area contributed by atoms with Crippen LogP contribution in [0.2, 0.25) is 5.02 Å². The SMILES string of the molecule is Cc1ccc(NC(=O)CN2C(=O)N[C@](C)(c3ccc(C(C)C)cc3)C2=O)cc1Cl. The Labute approximate surface area is 175 Å². The van der Waals surface area contributed by atoms with Crippen LogP contribution in [-0.2, 0) is 15.1 Å². The number of nitrogens with zero attached hydrogens (tertiary/aromatic N) is 1. The summed E-state index contributed by atoms with van der Waals surface area (Å²) in [5, 5.41) is 5.91. The first-order valence-electron chi connectivity index (χ1n) is 9.42. The van der Waals surface area contributed by atoms with Crippen LogP contribution in [0.3, 0.4) is 0 Å². The van der Waals surface area contributed by atoms with Crippen molar-refractivity contribution in [1.82, 2.24) is 10.2 Å². The van der Waals surface area contributed by atoms with Gasteiger partial charge in [0.2, 0.25) is 5.91 Å². The Morgan fingerprint density at radius 2 is 1.83 bits per heavy atom. The minimum atomic E-state index is -1.21. The van der Waals surface area contributed by atoms with E-state index in [0.29, 0.717) is 22.2 Å². The van der Waals surface area contributed by atoms with Gasteiger partial charge in [0.25, 0.3) is 5.91 Å². The molecule has 0 radical (unpaired) electrons. The first-order valence-corrected chi connectivity index (χ1v) is 9.80. The second-order valence-corrected chi connectivity index (χ2v) is 8.14. The molecule has 0 bridgehead atoms. The number of anilines is 1. The Kier molecular flexibility index (Phi) is 5.66. The van der Waals surface area contributed by atoms with Gasteiger partial charge in [-0.25, -0.2) is 4.79 Å². The van der Waals surface area contributed by atoms with Crippen LogP contribution in [0.5, 0.6) is 0 Å². The van der Waals surface area contributed by atoms with Crippen LogP contribution in [0.25, 0.3) is 0 Å². The number of halogens is 1. The molecule has 2 aromatic carbocycles. The quantitative estimate of drug-likeness (QED) is 0.722. The first kappa shape index (κ1) is 20.9. The second kappa shape index (κ2) is 7.87. The van der Waals surface area contributed by atoms with Crippen molar-refractivity contribution >= 4 is 35.1 Å². The van der Waals surface area contributed by atoms with Gasteiger partial charge >= 0.3 is 6.03 Å². The van der Waals surface area contributed by atoms with Gasteiger partial charge in [0, 0.05) is 10.7 Å². The van der Waals surface area contributed by atoms with Gasteiger partial charge in [-0.05, 0) is 48.6 Å². The number of aryl methyl sites for hydroxylation is 1. The summed E-state index contributed by atoms with van der Waals surface area (Å²) in [4.78, 5) is 38.7. The lowest BCUT2D eigenvalue weighted by atomic mass is 9.90. The highest BCUT2D eigenvalue weighted by Crippen LogP contribution is 2.30. The van der Waals surface area contributed by atoms with Gasteiger partial charge in [0.05, 0.1) is 0 Å². The van der Waals surface area contributed by atoms with E-state index in [1.54, 1.807) is 25.1 Å². The Morgan fingerprint density at radius 3 is 2.41 bits per heavy atom. The molecule has 0 saturated carbocycles. The summed E-state index contributed by atoms with van der Waals surface area (Å²) in [6.45, 7) is 7.29. The van der Waals surface area contributed by atoms with Crippen molar-refractivity contribution in [2.45, 2.75) is 39.2 Å². The molecule has 1 aliphatic rings. The molecule has 6 nitrogen and oxygen atoms in total. The summed E-state index contributed by atoms with van der Waals surface area (Å²) in [5.41, 5.74) is 2.00. The maximum absolute atomic E-state index is 13.0. The summed E-state index contributed by atoms with van der Waals surface area (Å²) in [6, 6.07) is 12.1. The van der Waals surface area contributed by atoms with Crippen molar-refractivity contribution in [3.63, 3.8) is 0 Å². The molecule has 2 aromatic rings. The van der Waals surface area contributed by atoms with Gasteiger partial charge in [0.1, 0.15) is 12.1 Å². The summed E-state index contributed by atoms with van der Waals surface area (Å²) in [7, 11) is 0. The standard InChI is InChI=1S/C22H24ClN3O3/c1-13(2)15-6-8-16(9-7-15)22(4)20(28)26(21(29)25-22)12-19(27)24-17-10-5-14(3)18(23)11-17/h5-11,13H,12H2,1-4H3,(H,24,27)(H,25,29)/t22-/m1/s1. The van der Waals surface area contributed by atoms with Gasteiger partial charge in [-0.2, -0.15) is 0 Å². The van der Waals surface area contributed by atoms with Crippen LogP contribution in [0, 0.1) is 6.92 Å². The number of urea groups is 1. The Hall–Kier alpha value is -2.86. The van der Waals surface area contributed by atoms with Gasteiger partial charge in [-0.15, -0.1) is 0 Å². The fourth-order valence-electron chi connectivity index (χ4n) is 3.25. The molecule has 0 spiro atoms. The molecular formula is C22H24ClN3O3. The van der Waals surface area contributed by atoms with E-state index >= 15 is 0 Å². The lowest BCUT2D eigenvalue weighted by Gasteiger charge is -2.22. The fraction of sp³-hybridized carbons (Fsp3) is 0.318. The highest BCUT2D eigenvalue weighted by atomic mass is 35.5. The predicted octanol–water partition coefficient (Wildman–Crippen LogP) is 4.18. The molecule has 152 valence electrons. The van der Waals surface area contributed by atoms with E-state index < -0.39 is 23.4 Å². The highest BCUT2D eigenvalue weighted by molar-refractivity contribution is 6.31. The summed E-state index contributed by atoms with van der Waals surface area (Å²) in [5.74, 6) is -0.578. The van der Waals surface area contributed by atoms with Crippen molar-refractivity contribution in [3.8, 4) is 0 Å². The van der Waals surface area contributed by atoms with Crippen molar-refractivity contribution in [2.75, 3.05) is 11.9 Å². The van der Waals surface area contributed by atoms with Gasteiger partial charge in [-0.3, -0.25) is 14.5 Å². The largest absolute Gasteiger partial charge is 0.325 e. The van der Waals surface area contributed by atoms with E-state index in [-0.39, 0.29) is 6.54 Å². The number of carbonyl (C=O) groups excluding carboxylic acids is 3. The van der Waals surface area contributed by atoms with E-state index in [1.165, 1.54) is 0 Å². The molecule has 3 rings (SSSR count). The average Bonchev–Trinajstić information content (AvgIpc) is 2.89. The molecule has 4 amide bonds. The number of rotatable bonds is 5. The smallest absolute Gasteiger partial charge is 0.324 e. The molecule has 29 heavy (non-hydrogen) atoms. The third kappa shape index (κ3) is 4.12. The van der Waals surface area contributed by atoms with E-state index in [4.69, 9.17) is 11.6 Å². The maximum Gasteiger partial charge on any atom is 0.325 e. The van der Waals surface area contributed by atoms with E-state index in [2.05, 4.69) is 24.5 Å². The van der Waals surface area contributed by atoms with Crippen LogP contribution in [0.15, 0.2) is 42.5 Å². The number of carbonyl (C=O) groups is 3. The van der Waals surface area contributed by atoms with Gasteiger partial charge in [-0.1, -0.05) is 55.8 Å². The van der Waals surface area contributed by atoms with E-state index in [0.717, 1.165) is 16.0 Å². The van der Waals surface area contributed by atoms with Gasteiger partial charge in [0.15, 0.2) is 0 Å². The molecule has 0 aliphatic carbocycles. The highest BCUT2D eigenvalue weighted by Gasteiger charge is 2.49.